The molecule has 0 aliphatic rings. The molecule has 1 rings (SSSR count). The molecule has 3 heteroatoms. The molecular formula is C10H17N3. The normalized spacial score (nSPS) is 10.3. The number of aryl methyl sites for hydroxylation is 1. The Morgan fingerprint density at radius 3 is 3.00 bits per heavy atom. The zero-order valence-electron chi connectivity index (χ0n) is 8.38. The first-order valence-electron chi connectivity index (χ1n) is 4.82. The summed E-state index contributed by atoms with van der Waals surface area (Å²) < 4.78 is 0. The number of aromatic nitrogens is 2. The second-order valence-corrected chi connectivity index (χ2v) is 3.13. The van der Waals surface area contributed by atoms with Gasteiger partial charge < -0.3 is 5.32 Å². The van der Waals surface area contributed by atoms with Gasteiger partial charge in [-0.1, -0.05) is 13.3 Å². The number of rotatable bonds is 5. The van der Waals surface area contributed by atoms with Gasteiger partial charge in [-0.15, -0.1) is 0 Å². The molecule has 0 spiro atoms. The van der Waals surface area contributed by atoms with Gasteiger partial charge in [-0.05, 0) is 26.0 Å². The van der Waals surface area contributed by atoms with E-state index < -0.39 is 0 Å². The Balaban J connectivity index is 2.28. The van der Waals surface area contributed by atoms with Crippen molar-refractivity contribution in [2.24, 2.45) is 0 Å². The van der Waals surface area contributed by atoms with Crippen LogP contribution >= 0.6 is 0 Å². The summed E-state index contributed by atoms with van der Waals surface area (Å²) in [4.78, 5) is 8.34. The number of hydrogen-bond acceptors (Lipinski definition) is 3. The number of nitrogens with zero attached hydrogens (tertiary/aromatic N) is 2. The second-order valence-electron chi connectivity index (χ2n) is 3.13. The fourth-order valence-electron chi connectivity index (χ4n) is 1.12. The zero-order chi connectivity index (χ0) is 9.52. The Morgan fingerprint density at radius 2 is 2.31 bits per heavy atom. The molecule has 0 saturated heterocycles. The molecule has 1 aromatic rings. The molecule has 72 valence electrons. The lowest BCUT2D eigenvalue weighted by molar-refractivity contribution is 0.631. The van der Waals surface area contributed by atoms with Gasteiger partial charge in [0.05, 0.1) is 5.69 Å². The molecule has 0 aromatic carbocycles. The van der Waals surface area contributed by atoms with Crippen LogP contribution in [-0.4, -0.2) is 16.5 Å². The van der Waals surface area contributed by atoms with E-state index in [0.29, 0.717) is 0 Å². The number of unbranched alkanes of at least 4 members (excludes halogenated alkanes) is 1. The van der Waals surface area contributed by atoms with E-state index in [0.717, 1.165) is 24.6 Å². The minimum absolute atomic E-state index is 0.842. The summed E-state index contributed by atoms with van der Waals surface area (Å²) in [6.07, 6.45) is 4.26. The quantitative estimate of drug-likeness (QED) is 0.699. The van der Waals surface area contributed by atoms with Crippen molar-refractivity contribution in [2.45, 2.75) is 33.2 Å². The molecule has 3 nitrogen and oxygen atoms in total. The molecule has 0 aliphatic heterocycles. The predicted molar refractivity (Wildman–Crippen MR) is 53.4 cm³/mol. The van der Waals surface area contributed by atoms with Crippen LogP contribution in [0.1, 0.15) is 31.3 Å². The van der Waals surface area contributed by atoms with Gasteiger partial charge in [0.2, 0.25) is 0 Å². The first-order chi connectivity index (χ1) is 6.33. The van der Waals surface area contributed by atoms with Crippen molar-refractivity contribution >= 4 is 0 Å². The van der Waals surface area contributed by atoms with Gasteiger partial charge in [-0.3, -0.25) is 0 Å². The van der Waals surface area contributed by atoms with Crippen LogP contribution in [0, 0.1) is 6.92 Å². The third kappa shape index (κ3) is 3.99. The summed E-state index contributed by atoms with van der Waals surface area (Å²) >= 11 is 0. The highest BCUT2D eigenvalue weighted by atomic mass is 14.9. The van der Waals surface area contributed by atoms with Crippen molar-refractivity contribution in [2.75, 3.05) is 6.54 Å². The average molecular weight is 179 g/mol. The van der Waals surface area contributed by atoms with Crippen molar-refractivity contribution in [3.63, 3.8) is 0 Å². The Morgan fingerprint density at radius 1 is 1.46 bits per heavy atom. The van der Waals surface area contributed by atoms with Crippen molar-refractivity contribution in [3.05, 3.63) is 23.8 Å². The van der Waals surface area contributed by atoms with Crippen LogP contribution in [0.2, 0.25) is 0 Å². The van der Waals surface area contributed by atoms with E-state index in [-0.39, 0.29) is 0 Å². The highest BCUT2D eigenvalue weighted by Gasteiger charge is 1.93. The van der Waals surface area contributed by atoms with Crippen molar-refractivity contribution in [1.29, 1.82) is 0 Å². The summed E-state index contributed by atoms with van der Waals surface area (Å²) in [6, 6.07) is 1.95. The molecule has 1 heterocycles. The highest BCUT2D eigenvalue weighted by Crippen LogP contribution is 1.94. The summed E-state index contributed by atoms with van der Waals surface area (Å²) in [6.45, 7) is 6.02. The zero-order valence-corrected chi connectivity index (χ0v) is 8.38. The largest absolute Gasteiger partial charge is 0.311 e. The maximum absolute atomic E-state index is 4.30. The van der Waals surface area contributed by atoms with Gasteiger partial charge in [0.15, 0.2) is 0 Å². The minimum Gasteiger partial charge on any atom is -0.311 e. The summed E-state index contributed by atoms with van der Waals surface area (Å²) in [5, 5.41) is 3.34. The highest BCUT2D eigenvalue weighted by molar-refractivity contribution is 5.00. The van der Waals surface area contributed by atoms with Crippen LogP contribution in [0.5, 0.6) is 0 Å². The van der Waals surface area contributed by atoms with Crippen LogP contribution < -0.4 is 5.32 Å². The standard InChI is InChI=1S/C10H17N3/c1-3-4-6-11-8-10-5-7-12-9(2)13-10/h5,7,11H,3-4,6,8H2,1-2H3. The minimum atomic E-state index is 0.842. The monoisotopic (exact) mass is 179 g/mol. The van der Waals surface area contributed by atoms with E-state index >= 15 is 0 Å². The van der Waals surface area contributed by atoms with Gasteiger partial charge in [0.25, 0.3) is 0 Å². The lowest BCUT2D eigenvalue weighted by atomic mass is 10.3. The predicted octanol–water partition coefficient (Wildman–Crippen LogP) is 1.67. The topological polar surface area (TPSA) is 37.8 Å². The molecule has 0 bridgehead atoms. The van der Waals surface area contributed by atoms with Crippen LogP contribution in [0.25, 0.3) is 0 Å². The number of nitrogens with one attached hydrogen (secondary N) is 1. The Bertz CT molecular complexity index is 248. The molecule has 0 saturated carbocycles. The Labute approximate surface area is 79.6 Å². The van der Waals surface area contributed by atoms with Crippen LogP contribution in [-0.2, 0) is 6.54 Å². The Kier molecular flexibility index (Phi) is 4.40. The first-order valence-corrected chi connectivity index (χ1v) is 4.82. The van der Waals surface area contributed by atoms with Crippen molar-refractivity contribution in [1.82, 2.24) is 15.3 Å². The lowest BCUT2D eigenvalue weighted by Crippen LogP contribution is -2.15. The van der Waals surface area contributed by atoms with Gasteiger partial charge in [0.1, 0.15) is 5.82 Å². The molecule has 0 atom stereocenters. The molecule has 13 heavy (non-hydrogen) atoms. The molecule has 0 fully saturated rings. The van der Waals surface area contributed by atoms with Crippen molar-refractivity contribution < 1.29 is 0 Å². The molecule has 1 aromatic heterocycles. The smallest absolute Gasteiger partial charge is 0.125 e. The lowest BCUT2D eigenvalue weighted by Gasteiger charge is -2.02. The third-order valence-electron chi connectivity index (χ3n) is 1.85. The molecule has 0 aliphatic carbocycles. The fourth-order valence-corrected chi connectivity index (χ4v) is 1.12. The molecule has 0 radical (unpaired) electrons. The van der Waals surface area contributed by atoms with E-state index in [1.165, 1.54) is 12.8 Å². The average Bonchev–Trinajstić information content (AvgIpc) is 2.13. The second kappa shape index (κ2) is 5.65. The first kappa shape index (κ1) is 10.1. The Hall–Kier alpha value is -0.960. The number of hydrogen-bond donors (Lipinski definition) is 1. The SMILES string of the molecule is CCCCNCc1ccnc(C)n1. The maximum atomic E-state index is 4.30. The molecule has 0 amide bonds. The van der Waals surface area contributed by atoms with Gasteiger partial charge in [0, 0.05) is 12.7 Å². The van der Waals surface area contributed by atoms with Crippen molar-refractivity contribution in [3.8, 4) is 0 Å². The third-order valence-corrected chi connectivity index (χ3v) is 1.85. The fraction of sp³-hybridized carbons (Fsp3) is 0.600. The van der Waals surface area contributed by atoms with E-state index in [1.54, 1.807) is 6.20 Å². The summed E-state index contributed by atoms with van der Waals surface area (Å²) in [5.74, 6) is 0.842. The van der Waals surface area contributed by atoms with Crippen LogP contribution in [0.15, 0.2) is 12.3 Å². The van der Waals surface area contributed by atoms with E-state index in [4.69, 9.17) is 0 Å². The van der Waals surface area contributed by atoms with E-state index in [2.05, 4.69) is 22.2 Å². The van der Waals surface area contributed by atoms with E-state index in [9.17, 15) is 0 Å². The van der Waals surface area contributed by atoms with Gasteiger partial charge in [-0.25, -0.2) is 9.97 Å². The van der Waals surface area contributed by atoms with Crippen LogP contribution in [0.3, 0.4) is 0 Å². The summed E-state index contributed by atoms with van der Waals surface area (Å²) in [7, 11) is 0. The molecule has 1 N–H and O–H groups in total. The maximum Gasteiger partial charge on any atom is 0.125 e. The molecule has 0 unspecified atom stereocenters. The van der Waals surface area contributed by atoms with E-state index in [1.807, 2.05) is 13.0 Å². The van der Waals surface area contributed by atoms with Crippen LogP contribution in [0.4, 0.5) is 0 Å². The van der Waals surface area contributed by atoms with Gasteiger partial charge >= 0.3 is 0 Å². The molecular weight excluding hydrogens is 162 g/mol. The van der Waals surface area contributed by atoms with Gasteiger partial charge in [-0.2, -0.15) is 0 Å². The summed E-state index contributed by atoms with van der Waals surface area (Å²) in [5.41, 5.74) is 1.07.